The van der Waals surface area contributed by atoms with E-state index < -0.39 is 28.9 Å². The van der Waals surface area contributed by atoms with Gasteiger partial charge >= 0.3 is 17.8 Å². The lowest BCUT2D eigenvalue weighted by Crippen LogP contribution is -2.48. The van der Waals surface area contributed by atoms with Gasteiger partial charge in [-0.25, -0.2) is 0 Å². The van der Waals surface area contributed by atoms with Crippen LogP contribution in [-0.4, -0.2) is 98.1 Å². The first kappa shape index (κ1) is 47.1. The molecule has 5 aromatic heterocycles. The van der Waals surface area contributed by atoms with Gasteiger partial charge in [0.2, 0.25) is 0 Å². The molecule has 6 nitrogen and oxygen atoms in total. The highest BCUT2D eigenvalue weighted by Crippen LogP contribution is 2.66. The summed E-state index contributed by atoms with van der Waals surface area (Å²) in [6.45, 7) is 12.0. The minimum Gasteiger partial charge on any atom is -0.382 e. The monoisotopic (exact) mass is 934 g/mol. The van der Waals surface area contributed by atoms with Gasteiger partial charge in [-0.2, -0.15) is 26.3 Å². The molecule has 0 aliphatic heterocycles. The van der Waals surface area contributed by atoms with E-state index in [0.717, 1.165) is 63.7 Å². The molecule has 5 aromatic rings. The molecule has 0 amide bonds. The van der Waals surface area contributed by atoms with Crippen molar-refractivity contribution >= 4 is 67.8 Å². The van der Waals surface area contributed by atoms with Crippen LogP contribution in [0.1, 0.15) is 42.4 Å². The molecule has 60 heavy (non-hydrogen) atoms. The van der Waals surface area contributed by atoms with Crippen molar-refractivity contribution in [3.63, 3.8) is 0 Å². The minimum absolute atomic E-state index is 0.244. The maximum atomic E-state index is 16.4. The normalized spacial score (nSPS) is 15.9. The van der Waals surface area contributed by atoms with Gasteiger partial charge in [0.1, 0.15) is 0 Å². The quantitative estimate of drug-likeness (QED) is 0.0480. The Morgan fingerprint density at radius 1 is 0.483 bits per heavy atom. The van der Waals surface area contributed by atoms with Gasteiger partial charge in [0.25, 0.3) is 0 Å². The van der Waals surface area contributed by atoms with Crippen molar-refractivity contribution in [2.45, 2.75) is 58.3 Å². The molecule has 0 N–H and O–H groups in total. The Labute approximate surface area is 366 Å². The molecule has 0 aromatic carbocycles. The largest absolute Gasteiger partial charge is 0.382 e. The Bertz CT molecular complexity index is 2210. The molecule has 0 spiro atoms. The maximum Gasteiger partial charge on any atom is 0.380 e. The SMILES string of the molecule is COCCOCCOCCc1sc(-c2cc(C3=C(c4cc(-c5cc(C)c(CCOCCOCCOC)s5)sc4-c4cc(C)c(C)s4)C(F)(F)C(F)(F)C3(F)F)cs2)cc1C. The van der Waals surface area contributed by atoms with Crippen molar-refractivity contribution in [3.05, 3.63) is 78.2 Å². The second-order valence-corrected chi connectivity index (χ2v) is 19.7. The van der Waals surface area contributed by atoms with Crippen molar-refractivity contribution in [3.8, 4) is 29.3 Å². The van der Waals surface area contributed by atoms with E-state index in [1.807, 2.05) is 39.8 Å². The lowest BCUT2D eigenvalue weighted by Gasteiger charge is -2.25. The lowest BCUT2D eigenvalue weighted by atomic mass is 9.95. The van der Waals surface area contributed by atoms with Crippen LogP contribution in [0.15, 0.2) is 35.7 Å². The van der Waals surface area contributed by atoms with E-state index in [2.05, 4.69) is 0 Å². The van der Waals surface area contributed by atoms with E-state index in [4.69, 9.17) is 28.4 Å². The first-order valence-electron chi connectivity index (χ1n) is 19.3. The average Bonchev–Trinajstić information content (AvgIpc) is 4.05. The number of aryl methyl sites for hydroxylation is 4. The van der Waals surface area contributed by atoms with Gasteiger partial charge in [-0.05, 0) is 85.7 Å². The molecule has 6 rings (SSSR count). The second kappa shape index (κ2) is 20.4. The Morgan fingerprint density at radius 3 is 1.47 bits per heavy atom. The molecule has 328 valence electrons. The average molecular weight is 935 g/mol. The summed E-state index contributed by atoms with van der Waals surface area (Å²) in [5.74, 6) is -16.0. The molecule has 0 atom stereocenters. The van der Waals surface area contributed by atoms with Gasteiger partial charge in [-0.1, -0.05) is 0 Å². The van der Waals surface area contributed by atoms with Gasteiger partial charge < -0.3 is 28.4 Å². The van der Waals surface area contributed by atoms with Crippen LogP contribution in [0.4, 0.5) is 26.3 Å². The van der Waals surface area contributed by atoms with Gasteiger partial charge in [0.05, 0.1) is 70.9 Å². The van der Waals surface area contributed by atoms with E-state index in [-0.39, 0.29) is 16.0 Å². The van der Waals surface area contributed by atoms with E-state index in [0.29, 0.717) is 93.5 Å². The van der Waals surface area contributed by atoms with Gasteiger partial charge in [0, 0.05) is 82.8 Å². The third-order valence-corrected chi connectivity index (χ3v) is 16.4. The summed E-state index contributed by atoms with van der Waals surface area (Å²) >= 11 is 6.38. The second-order valence-electron chi connectivity index (χ2n) is 14.2. The number of allylic oxidation sites excluding steroid dienone is 2. The Hall–Kier alpha value is -2.42. The zero-order valence-corrected chi connectivity index (χ0v) is 38.3. The summed E-state index contributed by atoms with van der Waals surface area (Å²) in [4.78, 5) is 6.17. The molecule has 5 heterocycles. The van der Waals surface area contributed by atoms with Crippen LogP contribution in [0.25, 0.3) is 40.4 Å². The van der Waals surface area contributed by atoms with E-state index in [1.54, 1.807) is 20.3 Å². The zero-order chi connectivity index (χ0) is 43.2. The predicted molar refractivity (Wildman–Crippen MR) is 234 cm³/mol. The van der Waals surface area contributed by atoms with E-state index in [1.165, 1.54) is 51.5 Å². The van der Waals surface area contributed by atoms with Gasteiger partial charge in [0.15, 0.2) is 0 Å². The fourth-order valence-corrected chi connectivity index (χ4v) is 12.3. The van der Waals surface area contributed by atoms with Gasteiger partial charge in [-0.15, -0.1) is 56.7 Å². The van der Waals surface area contributed by atoms with E-state index >= 15 is 26.3 Å². The minimum atomic E-state index is -5.68. The molecule has 0 saturated carbocycles. The van der Waals surface area contributed by atoms with Crippen LogP contribution in [0.2, 0.25) is 0 Å². The van der Waals surface area contributed by atoms with Crippen LogP contribution in [0.3, 0.4) is 0 Å². The highest BCUT2D eigenvalue weighted by molar-refractivity contribution is 7.27. The van der Waals surface area contributed by atoms with Gasteiger partial charge in [-0.3, -0.25) is 0 Å². The fraction of sp³-hybridized carbons (Fsp3) is 0.488. The first-order valence-corrected chi connectivity index (χ1v) is 23.4. The molecule has 0 bridgehead atoms. The van der Waals surface area contributed by atoms with Crippen LogP contribution in [0.5, 0.6) is 0 Å². The Balaban J connectivity index is 1.33. The Morgan fingerprint density at radius 2 is 0.950 bits per heavy atom. The number of ether oxygens (including phenoxy) is 6. The van der Waals surface area contributed by atoms with Crippen molar-refractivity contribution < 1.29 is 54.8 Å². The van der Waals surface area contributed by atoms with Crippen LogP contribution in [-0.2, 0) is 41.3 Å². The lowest BCUT2D eigenvalue weighted by molar-refractivity contribution is -0.254. The molecule has 0 unspecified atom stereocenters. The topological polar surface area (TPSA) is 55.4 Å². The zero-order valence-electron chi connectivity index (χ0n) is 34.2. The summed E-state index contributed by atoms with van der Waals surface area (Å²) in [6.07, 6.45) is 1.17. The molecule has 1 aliphatic carbocycles. The summed E-state index contributed by atoms with van der Waals surface area (Å²) in [5, 5.41) is 1.28. The van der Waals surface area contributed by atoms with Crippen molar-refractivity contribution in [1.82, 2.24) is 0 Å². The van der Waals surface area contributed by atoms with Crippen LogP contribution < -0.4 is 0 Å². The maximum absolute atomic E-state index is 16.4. The highest BCUT2D eigenvalue weighted by atomic mass is 32.1. The molecule has 1 aliphatic rings. The number of alkyl halides is 6. The Kier molecular flexibility index (Phi) is 16.0. The summed E-state index contributed by atoms with van der Waals surface area (Å²) < 4.78 is 129. The number of thiophene rings is 5. The number of hydrogen-bond donors (Lipinski definition) is 0. The molecule has 0 saturated heterocycles. The number of hydrogen-bond acceptors (Lipinski definition) is 11. The van der Waals surface area contributed by atoms with Crippen molar-refractivity contribution in [2.75, 3.05) is 80.3 Å². The third kappa shape index (κ3) is 10.0. The van der Waals surface area contributed by atoms with Crippen molar-refractivity contribution in [1.29, 1.82) is 0 Å². The molecule has 0 fully saturated rings. The number of rotatable bonds is 23. The standard InChI is InChI=1S/C43H48F6O6S5/c1-25-19-37(57-28(25)4)40-30(23-36(60-40)35-21-27(3)32(59-35)8-10-53-16-18-55-14-12-51-6)39-38(41(44,45)43(48,49)42(39,46)47)29-22-33(56-24-29)34-20-26(2)31(58-34)7-9-52-15-17-54-13-11-50-5/h19-24H,7-18H2,1-6H3. The highest BCUT2D eigenvalue weighted by Gasteiger charge is 2.80. The number of methoxy groups -OCH3 is 2. The van der Waals surface area contributed by atoms with Crippen molar-refractivity contribution in [2.24, 2.45) is 0 Å². The first-order chi connectivity index (χ1) is 28.6. The molecule has 17 heteroatoms. The molecular weight excluding hydrogens is 887 g/mol. The van der Waals surface area contributed by atoms with Crippen LogP contribution in [0, 0.1) is 27.7 Å². The summed E-state index contributed by atoms with van der Waals surface area (Å²) in [6, 6.07) is 8.33. The molecular formula is C43H48F6O6S5. The number of halogens is 6. The van der Waals surface area contributed by atoms with Crippen LogP contribution >= 0.6 is 56.7 Å². The predicted octanol–water partition coefficient (Wildman–Crippen LogP) is 12.5. The third-order valence-electron chi connectivity index (χ3n) is 10.0. The van der Waals surface area contributed by atoms with E-state index in [9.17, 15) is 0 Å². The smallest absolute Gasteiger partial charge is 0.380 e. The summed E-state index contributed by atoms with van der Waals surface area (Å²) in [7, 11) is 3.20. The molecule has 0 radical (unpaired) electrons. The fourth-order valence-electron chi connectivity index (χ4n) is 6.65. The summed E-state index contributed by atoms with van der Waals surface area (Å²) in [5.41, 5.74) is -0.582.